The second-order valence-electron chi connectivity index (χ2n) is 5.43. The average molecular weight is 279 g/mol. The van der Waals surface area contributed by atoms with Gasteiger partial charge in [-0.15, -0.1) is 11.3 Å². The molecule has 2 saturated carbocycles. The lowest BCUT2D eigenvalue weighted by atomic mass is 10.0. The molecule has 1 heterocycles. The number of nitrogens with one attached hydrogen (secondary N) is 1. The Balaban J connectivity index is 1.52. The Morgan fingerprint density at radius 2 is 1.95 bits per heavy atom. The van der Waals surface area contributed by atoms with Crippen LogP contribution < -0.4 is 5.32 Å². The van der Waals surface area contributed by atoms with Gasteiger partial charge in [-0.3, -0.25) is 4.79 Å². The van der Waals surface area contributed by atoms with Gasteiger partial charge in [0.1, 0.15) is 4.88 Å². The Labute approximate surface area is 115 Å². The quantitative estimate of drug-likeness (QED) is 0.890. The largest absolute Gasteiger partial charge is 0.477 e. The van der Waals surface area contributed by atoms with Crippen LogP contribution in [-0.2, 0) is 11.3 Å². The number of thiophene rings is 1. The number of hydrogen-bond donors (Lipinski definition) is 2. The zero-order valence-corrected chi connectivity index (χ0v) is 11.4. The molecule has 2 aliphatic rings. The van der Waals surface area contributed by atoms with Gasteiger partial charge in [-0.2, -0.15) is 0 Å². The van der Waals surface area contributed by atoms with Crippen molar-refractivity contribution in [1.82, 2.24) is 5.32 Å². The van der Waals surface area contributed by atoms with Crippen LogP contribution in [0.5, 0.6) is 0 Å². The molecule has 0 saturated heterocycles. The summed E-state index contributed by atoms with van der Waals surface area (Å²) in [7, 11) is 0. The van der Waals surface area contributed by atoms with Gasteiger partial charge in [0, 0.05) is 10.8 Å². The van der Waals surface area contributed by atoms with E-state index >= 15 is 0 Å². The van der Waals surface area contributed by atoms with Crippen LogP contribution in [-0.4, -0.2) is 17.0 Å². The molecule has 2 aliphatic carbocycles. The van der Waals surface area contributed by atoms with E-state index in [-0.39, 0.29) is 11.8 Å². The van der Waals surface area contributed by atoms with Crippen molar-refractivity contribution in [3.63, 3.8) is 0 Å². The zero-order chi connectivity index (χ0) is 13.4. The number of rotatable bonds is 4. The van der Waals surface area contributed by atoms with E-state index in [1.807, 2.05) is 0 Å². The lowest BCUT2D eigenvalue weighted by molar-refractivity contribution is -0.123. The first kappa shape index (κ1) is 12.7. The summed E-state index contributed by atoms with van der Waals surface area (Å²) in [6, 6.07) is 3.36. The van der Waals surface area contributed by atoms with E-state index in [1.54, 1.807) is 12.1 Å². The summed E-state index contributed by atoms with van der Waals surface area (Å²) in [5.74, 6) is 0.706. The van der Waals surface area contributed by atoms with Crippen molar-refractivity contribution >= 4 is 23.2 Å². The molecule has 0 aliphatic heterocycles. The molecule has 1 aromatic heterocycles. The summed E-state index contributed by atoms with van der Waals surface area (Å²) in [4.78, 5) is 24.0. The van der Waals surface area contributed by atoms with Crippen LogP contribution in [0.15, 0.2) is 12.1 Å². The minimum atomic E-state index is -0.907. The first-order chi connectivity index (χ1) is 9.16. The smallest absolute Gasteiger partial charge is 0.345 e. The lowest BCUT2D eigenvalue weighted by Crippen LogP contribution is -2.25. The van der Waals surface area contributed by atoms with Gasteiger partial charge in [-0.1, -0.05) is 12.8 Å². The topological polar surface area (TPSA) is 66.4 Å². The van der Waals surface area contributed by atoms with Crippen molar-refractivity contribution in [2.24, 2.45) is 17.8 Å². The number of carbonyl (C=O) groups excluding carboxylic acids is 1. The van der Waals surface area contributed by atoms with Crippen LogP contribution in [0.2, 0.25) is 0 Å². The fourth-order valence-electron chi connectivity index (χ4n) is 3.26. The molecular formula is C14H17NO3S. The summed E-state index contributed by atoms with van der Waals surface area (Å²) >= 11 is 1.23. The molecular weight excluding hydrogens is 262 g/mol. The van der Waals surface area contributed by atoms with Gasteiger partial charge in [0.05, 0.1) is 6.54 Å². The lowest BCUT2D eigenvalue weighted by Gasteiger charge is -2.04. The maximum absolute atomic E-state index is 12.1. The molecule has 19 heavy (non-hydrogen) atoms. The van der Waals surface area contributed by atoms with Crippen molar-refractivity contribution in [1.29, 1.82) is 0 Å². The van der Waals surface area contributed by atoms with Crippen molar-refractivity contribution in [2.45, 2.75) is 32.2 Å². The normalized spacial score (nSPS) is 28.5. The molecule has 3 rings (SSSR count). The van der Waals surface area contributed by atoms with Crippen molar-refractivity contribution in [3.8, 4) is 0 Å². The van der Waals surface area contributed by atoms with Gasteiger partial charge in [-0.25, -0.2) is 4.79 Å². The van der Waals surface area contributed by atoms with Crippen LogP contribution in [0.3, 0.4) is 0 Å². The summed E-state index contributed by atoms with van der Waals surface area (Å²) in [6.45, 7) is 0.451. The first-order valence-electron chi connectivity index (χ1n) is 6.76. The van der Waals surface area contributed by atoms with E-state index in [1.165, 1.54) is 37.0 Å². The zero-order valence-electron chi connectivity index (χ0n) is 10.6. The Kier molecular flexibility index (Phi) is 3.31. The standard InChI is InChI=1S/C14H17NO3S/c16-13(12-9-3-1-2-4-10(9)12)15-7-8-5-6-11(19-8)14(17)18/h5-6,9-10,12H,1-4,7H2,(H,15,16)(H,17,18). The maximum Gasteiger partial charge on any atom is 0.345 e. The summed E-state index contributed by atoms with van der Waals surface area (Å²) < 4.78 is 0. The third-order valence-electron chi connectivity index (χ3n) is 4.27. The Bertz CT molecular complexity index is 499. The van der Waals surface area contributed by atoms with Crippen molar-refractivity contribution in [3.05, 3.63) is 21.9 Å². The Hall–Kier alpha value is -1.36. The van der Waals surface area contributed by atoms with Crippen molar-refractivity contribution < 1.29 is 14.7 Å². The van der Waals surface area contributed by atoms with Gasteiger partial charge >= 0.3 is 5.97 Å². The van der Waals surface area contributed by atoms with E-state index < -0.39 is 5.97 Å². The third-order valence-corrected chi connectivity index (χ3v) is 5.34. The highest BCUT2D eigenvalue weighted by atomic mass is 32.1. The summed E-state index contributed by atoms with van der Waals surface area (Å²) in [5.41, 5.74) is 0. The number of hydrogen-bond acceptors (Lipinski definition) is 3. The fourth-order valence-corrected chi connectivity index (χ4v) is 4.05. The molecule has 0 bridgehead atoms. The van der Waals surface area contributed by atoms with E-state index in [0.717, 1.165) is 4.88 Å². The van der Waals surface area contributed by atoms with Gasteiger partial charge in [-0.05, 0) is 36.8 Å². The molecule has 2 fully saturated rings. The highest BCUT2D eigenvalue weighted by Crippen LogP contribution is 2.55. The van der Waals surface area contributed by atoms with Crippen LogP contribution in [0.25, 0.3) is 0 Å². The molecule has 0 spiro atoms. The predicted molar refractivity (Wildman–Crippen MR) is 72.1 cm³/mol. The Morgan fingerprint density at radius 1 is 1.26 bits per heavy atom. The van der Waals surface area contributed by atoms with Gasteiger partial charge in [0.2, 0.25) is 5.91 Å². The molecule has 1 amide bonds. The van der Waals surface area contributed by atoms with Gasteiger partial charge < -0.3 is 10.4 Å². The number of amides is 1. The van der Waals surface area contributed by atoms with Crippen LogP contribution >= 0.6 is 11.3 Å². The molecule has 2 unspecified atom stereocenters. The predicted octanol–water partition coefficient (Wildman–Crippen LogP) is 2.50. The molecule has 2 N–H and O–H groups in total. The molecule has 2 atom stereocenters. The highest BCUT2D eigenvalue weighted by Gasteiger charge is 2.54. The number of aromatic carboxylic acids is 1. The van der Waals surface area contributed by atoms with Crippen LogP contribution in [0.1, 0.15) is 40.2 Å². The molecule has 0 radical (unpaired) electrons. The third kappa shape index (κ3) is 2.52. The van der Waals surface area contributed by atoms with E-state index in [0.29, 0.717) is 23.3 Å². The molecule has 5 heteroatoms. The second kappa shape index (κ2) is 4.96. The summed E-state index contributed by atoms with van der Waals surface area (Å²) in [5, 5.41) is 11.8. The second-order valence-corrected chi connectivity index (χ2v) is 6.60. The van der Waals surface area contributed by atoms with E-state index in [2.05, 4.69) is 5.32 Å². The average Bonchev–Trinajstić information content (AvgIpc) is 2.93. The molecule has 0 aromatic carbocycles. The number of carbonyl (C=O) groups is 2. The van der Waals surface area contributed by atoms with Gasteiger partial charge in [0.15, 0.2) is 0 Å². The molecule has 4 nitrogen and oxygen atoms in total. The SMILES string of the molecule is O=C(O)c1ccc(CNC(=O)C2C3CCCCC32)s1. The van der Waals surface area contributed by atoms with Crippen molar-refractivity contribution in [2.75, 3.05) is 0 Å². The van der Waals surface area contributed by atoms with Crippen LogP contribution in [0.4, 0.5) is 0 Å². The van der Waals surface area contributed by atoms with E-state index in [4.69, 9.17) is 5.11 Å². The summed E-state index contributed by atoms with van der Waals surface area (Å²) in [6.07, 6.45) is 4.92. The number of carboxylic acid groups (broad SMARTS) is 1. The monoisotopic (exact) mass is 279 g/mol. The van der Waals surface area contributed by atoms with Gasteiger partial charge in [0.25, 0.3) is 0 Å². The maximum atomic E-state index is 12.1. The first-order valence-corrected chi connectivity index (χ1v) is 7.58. The number of fused-ring (bicyclic) bond motifs is 1. The minimum Gasteiger partial charge on any atom is -0.477 e. The number of carboxylic acids is 1. The fraction of sp³-hybridized carbons (Fsp3) is 0.571. The van der Waals surface area contributed by atoms with E-state index in [9.17, 15) is 9.59 Å². The van der Waals surface area contributed by atoms with Crippen LogP contribution in [0, 0.1) is 17.8 Å². The molecule has 1 aromatic rings. The molecule has 102 valence electrons. The highest BCUT2D eigenvalue weighted by molar-refractivity contribution is 7.13. The minimum absolute atomic E-state index is 0.155. The Morgan fingerprint density at radius 3 is 2.53 bits per heavy atom.